The van der Waals surface area contributed by atoms with Crippen LogP contribution in [0.4, 0.5) is 0 Å². The molecule has 3 aromatic rings. The van der Waals surface area contributed by atoms with Crippen molar-refractivity contribution in [3.63, 3.8) is 0 Å². The Kier molecular flexibility index (Phi) is 5.40. The SMILES string of the molecule is O=C(OCc1nc2ccccc2s1)c1ccc(S(=O)(=O)N2CCOCC2)cc1. The number of fused-ring (bicyclic) bond motifs is 1. The minimum Gasteiger partial charge on any atom is -0.455 e. The molecule has 0 saturated carbocycles. The average Bonchev–Trinajstić information content (AvgIpc) is 3.16. The van der Waals surface area contributed by atoms with Crippen molar-refractivity contribution in [1.29, 1.82) is 0 Å². The fourth-order valence-electron chi connectivity index (χ4n) is 2.89. The monoisotopic (exact) mass is 418 g/mol. The van der Waals surface area contributed by atoms with Gasteiger partial charge in [0.1, 0.15) is 11.6 Å². The predicted octanol–water partition coefficient (Wildman–Crippen LogP) is 2.67. The van der Waals surface area contributed by atoms with Gasteiger partial charge in [0, 0.05) is 13.1 Å². The van der Waals surface area contributed by atoms with Crippen LogP contribution >= 0.6 is 11.3 Å². The second-order valence-electron chi connectivity index (χ2n) is 6.19. The molecule has 0 N–H and O–H groups in total. The predicted molar refractivity (Wildman–Crippen MR) is 105 cm³/mol. The van der Waals surface area contributed by atoms with Crippen LogP contribution in [0.25, 0.3) is 10.2 Å². The van der Waals surface area contributed by atoms with Crippen LogP contribution in [-0.4, -0.2) is 50.0 Å². The van der Waals surface area contributed by atoms with Gasteiger partial charge in [0.05, 0.1) is 33.9 Å². The van der Waals surface area contributed by atoms with Gasteiger partial charge in [-0.05, 0) is 36.4 Å². The lowest BCUT2D eigenvalue weighted by molar-refractivity contribution is 0.0472. The normalized spacial score (nSPS) is 15.6. The van der Waals surface area contributed by atoms with Crippen molar-refractivity contribution in [2.45, 2.75) is 11.5 Å². The van der Waals surface area contributed by atoms with Gasteiger partial charge in [-0.3, -0.25) is 0 Å². The van der Waals surface area contributed by atoms with Crippen LogP contribution in [0.5, 0.6) is 0 Å². The number of esters is 1. The highest BCUT2D eigenvalue weighted by Gasteiger charge is 2.26. The zero-order valence-electron chi connectivity index (χ0n) is 14.9. The van der Waals surface area contributed by atoms with Crippen LogP contribution in [-0.2, 0) is 26.1 Å². The Morgan fingerprint density at radius 1 is 1.11 bits per heavy atom. The first-order valence-corrected chi connectivity index (χ1v) is 11.0. The summed E-state index contributed by atoms with van der Waals surface area (Å²) < 4.78 is 38.2. The highest BCUT2D eigenvalue weighted by Crippen LogP contribution is 2.23. The number of carbonyl (C=O) groups excluding carboxylic acids is 1. The zero-order chi connectivity index (χ0) is 19.6. The van der Waals surface area contributed by atoms with Crippen molar-refractivity contribution >= 4 is 37.5 Å². The molecule has 0 amide bonds. The molecule has 9 heteroatoms. The molecular formula is C19H18N2O5S2. The molecule has 1 aliphatic heterocycles. The lowest BCUT2D eigenvalue weighted by Gasteiger charge is -2.26. The molecule has 7 nitrogen and oxygen atoms in total. The third-order valence-electron chi connectivity index (χ3n) is 4.36. The summed E-state index contributed by atoms with van der Waals surface area (Å²) in [5, 5.41) is 0.709. The smallest absolute Gasteiger partial charge is 0.338 e. The fourth-order valence-corrected chi connectivity index (χ4v) is 5.18. The van der Waals surface area contributed by atoms with Gasteiger partial charge >= 0.3 is 5.97 Å². The number of morpholine rings is 1. The fraction of sp³-hybridized carbons (Fsp3) is 0.263. The molecule has 0 unspecified atom stereocenters. The molecule has 0 bridgehead atoms. The maximum absolute atomic E-state index is 12.6. The Morgan fingerprint density at radius 3 is 2.54 bits per heavy atom. The number of nitrogens with zero attached hydrogens (tertiary/aromatic N) is 2. The number of ether oxygens (including phenoxy) is 2. The number of para-hydroxylation sites is 1. The number of carbonyl (C=O) groups is 1. The van der Waals surface area contributed by atoms with Gasteiger partial charge < -0.3 is 9.47 Å². The summed E-state index contributed by atoms with van der Waals surface area (Å²) in [6, 6.07) is 13.5. The van der Waals surface area contributed by atoms with Gasteiger partial charge in [-0.15, -0.1) is 11.3 Å². The molecule has 2 aromatic carbocycles. The summed E-state index contributed by atoms with van der Waals surface area (Å²) in [7, 11) is -3.58. The Balaban J connectivity index is 1.42. The minimum absolute atomic E-state index is 0.0754. The van der Waals surface area contributed by atoms with Crippen LogP contribution in [0.2, 0.25) is 0 Å². The highest BCUT2D eigenvalue weighted by molar-refractivity contribution is 7.89. The van der Waals surface area contributed by atoms with Crippen molar-refractivity contribution in [3.8, 4) is 0 Å². The molecule has 0 radical (unpaired) electrons. The third kappa shape index (κ3) is 3.93. The quantitative estimate of drug-likeness (QED) is 0.592. The van der Waals surface area contributed by atoms with Gasteiger partial charge in [0.2, 0.25) is 10.0 Å². The molecule has 0 aliphatic carbocycles. The van der Waals surface area contributed by atoms with Gasteiger partial charge in [-0.25, -0.2) is 18.2 Å². The molecule has 146 valence electrons. The topological polar surface area (TPSA) is 85.8 Å². The molecule has 2 heterocycles. The van der Waals surface area contributed by atoms with E-state index in [0.29, 0.717) is 36.9 Å². The second kappa shape index (κ2) is 7.96. The number of sulfonamides is 1. The summed E-state index contributed by atoms with van der Waals surface area (Å²) in [6.45, 7) is 1.50. The molecule has 28 heavy (non-hydrogen) atoms. The lowest BCUT2D eigenvalue weighted by atomic mass is 10.2. The highest BCUT2D eigenvalue weighted by atomic mass is 32.2. The van der Waals surface area contributed by atoms with Gasteiger partial charge in [-0.2, -0.15) is 4.31 Å². The molecule has 1 aliphatic rings. The Bertz CT molecular complexity index is 1050. The van der Waals surface area contributed by atoms with Crippen LogP contribution in [0, 0.1) is 0 Å². The van der Waals surface area contributed by atoms with Crippen molar-refractivity contribution in [3.05, 3.63) is 59.1 Å². The van der Waals surface area contributed by atoms with Crippen LogP contribution in [0.1, 0.15) is 15.4 Å². The number of aromatic nitrogens is 1. The first-order chi connectivity index (χ1) is 13.5. The van der Waals surface area contributed by atoms with Crippen LogP contribution in [0.3, 0.4) is 0 Å². The lowest BCUT2D eigenvalue weighted by Crippen LogP contribution is -2.40. The van der Waals surface area contributed by atoms with Crippen molar-refractivity contribution in [2.75, 3.05) is 26.3 Å². The van der Waals surface area contributed by atoms with Crippen molar-refractivity contribution < 1.29 is 22.7 Å². The summed E-state index contributed by atoms with van der Waals surface area (Å²) in [6.07, 6.45) is 0. The molecule has 1 saturated heterocycles. The van der Waals surface area contributed by atoms with Crippen LogP contribution in [0.15, 0.2) is 53.4 Å². The molecule has 0 spiro atoms. The van der Waals surface area contributed by atoms with Crippen LogP contribution < -0.4 is 0 Å². The van der Waals surface area contributed by atoms with Crippen molar-refractivity contribution in [2.24, 2.45) is 0 Å². The van der Waals surface area contributed by atoms with E-state index in [-0.39, 0.29) is 11.5 Å². The van der Waals surface area contributed by atoms with Gasteiger partial charge in [0.25, 0.3) is 0 Å². The average molecular weight is 418 g/mol. The van der Waals surface area contributed by atoms with E-state index in [1.54, 1.807) is 0 Å². The van der Waals surface area contributed by atoms with E-state index in [1.165, 1.54) is 39.9 Å². The molecule has 1 aromatic heterocycles. The maximum atomic E-state index is 12.6. The zero-order valence-corrected chi connectivity index (χ0v) is 16.5. The van der Waals surface area contributed by atoms with Gasteiger partial charge in [0.15, 0.2) is 0 Å². The number of hydrogen-bond donors (Lipinski definition) is 0. The summed E-state index contributed by atoms with van der Waals surface area (Å²) in [5.74, 6) is -0.519. The summed E-state index contributed by atoms with van der Waals surface area (Å²) in [4.78, 5) is 16.8. The largest absolute Gasteiger partial charge is 0.455 e. The minimum atomic E-state index is -3.58. The first kappa shape index (κ1) is 19.0. The standard InChI is InChI=1S/C19H18N2O5S2/c22-19(26-13-18-20-16-3-1-2-4-17(16)27-18)14-5-7-15(8-6-14)28(23,24)21-9-11-25-12-10-21/h1-8H,9-13H2. The van der Waals surface area contributed by atoms with E-state index in [4.69, 9.17) is 9.47 Å². The van der Waals surface area contributed by atoms with E-state index < -0.39 is 16.0 Å². The summed E-state index contributed by atoms with van der Waals surface area (Å²) >= 11 is 1.47. The Hall–Kier alpha value is -2.33. The van der Waals surface area contributed by atoms with E-state index in [2.05, 4.69) is 4.98 Å². The van der Waals surface area contributed by atoms with E-state index in [0.717, 1.165) is 10.2 Å². The van der Waals surface area contributed by atoms with Gasteiger partial charge in [-0.1, -0.05) is 12.1 Å². The molecule has 0 atom stereocenters. The van der Waals surface area contributed by atoms with E-state index >= 15 is 0 Å². The third-order valence-corrected chi connectivity index (χ3v) is 7.29. The number of benzene rings is 2. The van der Waals surface area contributed by atoms with Crippen molar-refractivity contribution in [1.82, 2.24) is 9.29 Å². The number of thiazole rings is 1. The van der Waals surface area contributed by atoms with E-state index in [9.17, 15) is 13.2 Å². The number of rotatable bonds is 5. The summed E-state index contributed by atoms with van der Waals surface area (Å²) in [5.41, 5.74) is 1.17. The number of hydrogen-bond acceptors (Lipinski definition) is 7. The molecule has 1 fully saturated rings. The maximum Gasteiger partial charge on any atom is 0.338 e. The Morgan fingerprint density at radius 2 is 1.82 bits per heavy atom. The molecule has 4 rings (SSSR count). The second-order valence-corrected chi connectivity index (χ2v) is 9.25. The Labute approximate surface area is 166 Å². The molecular weight excluding hydrogens is 400 g/mol. The van der Waals surface area contributed by atoms with E-state index in [1.807, 2.05) is 24.3 Å². The first-order valence-electron chi connectivity index (χ1n) is 8.73.